The molecular formula is C28H21N3O2S. The van der Waals surface area contributed by atoms with Crippen molar-refractivity contribution in [1.82, 2.24) is 4.98 Å². The van der Waals surface area contributed by atoms with Crippen LogP contribution in [0, 0.1) is 18.3 Å². The average Bonchev–Trinajstić information content (AvgIpc) is 3.42. The molecule has 0 aliphatic carbocycles. The van der Waals surface area contributed by atoms with Gasteiger partial charge in [-0.05, 0) is 37.1 Å². The maximum absolute atomic E-state index is 13.6. The molecule has 5 nitrogen and oxygen atoms in total. The number of carbonyl (C=O) groups excluding carboxylic acids is 2. The summed E-state index contributed by atoms with van der Waals surface area (Å²) in [5.41, 5.74) is 4.01. The smallest absolute Gasteiger partial charge is 0.245 e. The van der Waals surface area contributed by atoms with Gasteiger partial charge in [0.05, 0.1) is 5.25 Å². The third-order valence-electron chi connectivity index (χ3n) is 5.86. The minimum atomic E-state index is -0.434. The van der Waals surface area contributed by atoms with Crippen molar-refractivity contribution in [3.63, 3.8) is 0 Å². The zero-order valence-electron chi connectivity index (χ0n) is 18.5. The number of hydrogen-bond donors (Lipinski definition) is 1. The Morgan fingerprint density at radius 3 is 2.59 bits per heavy atom. The molecule has 1 N–H and O–H groups in total. The lowest BCUT2D eigenvalue weighted by Gasteiger charge is -2.18. The number of nitrogens with one attached hydrogen (secondary N) is 1. The Bertz CT molecular complexity index is 1480. The lowest BCUT2D eigenvalue weighted by molar-refractivity contribution is -0.117. The molecule has 1 amide bonds. The summed E-state index contributed by atoms with van der Waals surface area (Å²) in [6.45, 7) is 2.02. The van der Waals surface area contributed by atoms with E-state index in [0.29, 0.717) is 22.7 Å². The van der Waals surface area contributed by atoms with E-state index in [1.54, 1.807) is 6.20 Å². The van der Waals surface area contributed by atoms with Crippen LogP contribution in [0.1, 0.15) is 21.5 Å². The molecule has 1 aromatic heterocycles. The third-order valence-corrected chi connectivity index (χ3v) is 7.12. The average molecular weight is 464 g/mol. The maximum atomic E-state index is 13.6. The molecule has 1 aliphatic rings. The van der Waals surface area contributed by atoms with Crippen molar-refractivity contribution in [2.45, 2.75) is 18.6 Å². The van der Waals surface area contributed by atoms with Crippen molar-refractivity contribution >= 4 is 40.0 Å². The molecule has 1 unspecified atom stereocenters. The fraction of sp³-hybridized carbons (Fsp3) is 0.107. The van der Waals surface area contributed by atoms with Crippen molar-refractivity contribution in [2.75, 3.05) is 4.90 Å². The van der Waals surface area contributed by atoms with Gasteiger partial charge in [-0.15, -0.1) is 0 Å². The topological polar surface area (TPSA) is 77.0 Å². The quantitative estimate of drug-likeness (QED) is 0.231. The second kappa shape index (κ2) is 9.05. The number of allylic oxidation sites excluding steroid dienone is 1. The second-order valence-corrected chi connectivity index (χ2v) is 9.37. The number of H-pyrrole nitrogens is 1. The summed E-state index contributed by atoms with van der Waals surface area (Å²) in [5.74, 6) is -0.528. The molecule has 0 saturated carbocycles. The van der Waals surface area contributed by atoms with Crippen LogP contribution in [0.15, 0.2) is 95.7 Å². The van der Waals surface area contributed by atoms with Gasteiger partial charge in [-0.2, -0.15) is 5.26 Å². The second-order valence-electron chi connectivity index (χ2n) is 8.18. The predicted octanol–water partition coefficient (Wildman–Crippen LogP) is 5.79. The minimum absolute atomic E-state index is 0.0290. The molecule has 5 rings (SSSR count). The Balaban J connectivity index is 1.60. The number of fused-ring (bicyclic) bond motifs is 1. The Morgan fingerprint density at radius 1 is 1.06 bits per heavy atom. The Hall–Kier alpha value is -4.08. The molecule has 166 valence electrons. The van der Waals surface area contributed by atoms with Crippen LogP contribution in [0.2, 0.25) is 0 Å². The van der Waals surface area contributed by atoms with Crippen LogP contribution >= 0.6 is 11.8 Å². The number of carbonyl (C=O) groups is 2. The number of amides is 1. The molecule has 0 spiro atoms. The van der Waals surface area contributed by atoms with Crippen LogP contribution in [0.4, 0.5) is 5.69 Å². The van der Waals surface area contributed by atoms with Crippen molar-refractivity contribution in [3.05, 3.63) is 112 Å². The largest absolute Gasteiger partial charge is 0.360 e. The van der Waals surface area contributed by atoms with Crippen LogP contribution in [0.25, 0.3) is 10.9 Å². The first-order valence-corrected chi connectivity index (χ1v) is 11.8. The Kier molecular flexibility index (Phi) is 5.79. The van der Waals surface area contributed by atoms with E-state index in [-0.39, 0.29) is 11.5 Å². The summed E-state index contributed by atoms with van der Waals surface area (Å²) >= 11 is 1.29. The zero-order valence-corrected chi connectivity index (χ0v) is 19.3. The van der Waals surface area contributed by atoms with Crippen LogP contribution < -0.4 is 4.90 Å². The van der Waals surface area contributed by atoms with Gasteiger partial charge in [-0.1, -0.05) is 78.0 Å². The first kappa shape index (κ1) is 21.7. The van der Waals surface area contributed by atoms with Crippen LogP contribution in [-0.4, -0.2) is 21.9 Å². The molecule has 0 bridgehead atoms. The maximum Gasteiger partial charge on any atom is 0.245 e. The van der Waals surface area contributed by atoms with E-state index in [0.717, 1.165) is 22.0 Å². The molecule has 6 heteroatoms. The number of nitrogens with zero attached hydrogens (tertiary/aromatic N) is 2. The molecular weight excluding hydrogens is 442 g/mol. The molecule has 1 aliphatic heterocycles. The van der Waals surface area contributed by atoms with Gasteiger partial charge in [0.2, 0.25) is 11.7 Å². The van der Waals surface area contributed by atoms with E-state index < -0.39 is 11.0 Å². The van der Waals surface area contributed by atoms with Crippen molar-refractivity contribution in [3.8, 4) is 6.07 Å². The number of rotatable bonds is 5. The Labute approximate surface area is 201 Å². The number of hydrogen-bond acceptors (Lipinski definition) is 4. The molecule has 1 saturated heterocycles. The summed E-state index contributed by atoms with van der Waals surface area (Å²) in [4.78, 5) is 31.8. The summed E-state index contributed by atoms with van der Waals surface area (Å²) < 4.78 is 0. The van der Waals surface area contributed by atoms with Gasteiger partial charge in [-0.25, -0.2) is 0 Å². The SMILES string of the molecule is Cc1cccc(CC2S/C(=C(\C#N)C(=O)c3c[nH]c4ccccc34)N(c3ccccc3)C2=O)c1. The van der Waals surface area contributed by atoms with Crippen molar-refractivity contribution in [1.29, 1.82) is 5.26 Å². The van der Waals surface area contributed by atoms with Crippen LogP contribution in [0.5, 0.6) is 0 Å². The first-order chi connectivity index (χ1) is 16.6. The highest BCUT2D eigenvalue weighted by Gasteiger charge is 2.41. The number of thioether (sulfide) groups is 1. The van der Waals surface area contributed by atoms with Crippen LogP contribution in [-0.2, 0) is 11.2 Å². The number of aromatic amines is 1. The lowest BCUT2D eigenvalue weighted by atomic mass is 10.0. The molecule has 1 atom stereocenters. The fourth-order valence-corrected chi connectivity index (χ4v) is 5.55. The number of aromatic nitrogens is 1. The lowest BCUT2D eigenvalue weighted by Crippen LogP contribution is -2.30. The number of para-hydroxylation sites is 2. The molecule has 2 heterocycles. The molecule has 0 radical (unpaired) electrons. The normalized spacial score (nSPS) is 17.1. The number of ketones is 1. The summed E-state index contributed by atoms with van der Waals surface area (Å²) in [5, 5.41) is 10.8. The van der Waals surface area contributed by atoms with Crippen LogP contribution in [0.3, 0.4) is 0 Å². The standard InChI is InChI=1S/C28H21N3O2S/c1-18-8-7-9-19(14-18)15-25-27(33)31(20-10-3-2-4-11-20)28(34-25)22(16-29)26(32)23-17-30-24-13-6-5-12-21(23)24/h2-14,17,25,30H,15H2,1H3/b28-22+. The van der Waals surface area contributed by atoms with Crippen molar-refractivity contribution in [2.24, 2.45) is 0 Å². The monoisotopic (exact) mass is 463 g/mol. The molecule has 34 heavy (non-hydrogen) atoms. The van der Waals surface area contributed by atoms with Gasteiger partial charge in [0, 0.05) is 28.4 Å². The van der Waals surface area contributed by atoms with E-state index in [1.807, 2.05) is 79.7 Å². The number of aryl methyl sites for hydroxylation is 1. The zero-order chi connectivity index (χ0) is 23.7. The van der Waals surface area contributed by atoms with Crippen molar-refractivity contribution < 1.29 is 9.59 Å². The Morgan fingerprint density at radius 2 is 1.82 bits per heavy atom. The number of Topliss-reactive ketones (excluding diaryl/α,β-unsaturated/α-hetero) is 1. The molecule has 1 fully saturated rings. The summed E-state index contributed by atoms with van der Waals surface area (Å²) in [6.07, 6.45) is 2.14. The van der Waals surface area contributed by atoms with Gasteiger partial charge in [-0.3, -0.25) is 14.5 Å². The van der Waals surface area contributed by atoms with E-state index in [9.17, 15) is 14.9 Å². The van der Waals surface area contributed by atoms with E-state index in [2.05, 4.69) is 17.1 Å². The van der Waals surface area contributed by atoms with Gasteiger partial charge < -0.3 is 4.98 Å². The van der Waals surface area contributed by atoms with Gasteiger partial charge in [0.25, 0.3) is 0 Å². The van der Waals surface area contributed by atoms with E-state index >= 15 is 0 Å². The van der Waals surface area contributed by atoms with E-state index in [4.69, 9.17) is 0 Å². The first-order valence-electron chi connectivity index (χ1n) is 10.9. The van der Waals surface area contributed by atoms with Gasteiger partial charge >= 0.3 is 0 Å². The highest BCUT2D eigenvalue weighted by atomic mass is 32.2. The van der Waals surface area contributed by atoms with Gasteiger partial charge in [0.15, 0.2) is 0 Å². The number of benzene rings is 3. The third kappa shape index (κ3) is 3.91. The van der Waals surface area contributed by atoms with E-state index in [1.165, 1.54) is 16.7 Å². The predicted molar refractivity (Wildman–Crippen MR) is 135 cm³/mol. The number of nitriles is 1. The fourth-order valence-electron chi connectivity index (χ4n) is 4.25. The summed E-state index contributed by atoms with van der Waals surface area (Å²) in [6, 6.07) is 26.8. The molecule has 4 aromatic rings. The summed E-state index contributed by atoms with van der Waals surface area (Å²) in [7, 11) is 0. The molecule has 3 aromatic carbocycles. The van der Waals surface area contributed by atoms with Gasteiger partial charge in [0.1, 0.15) is 16.7 Å². The highest BCUT2D eigenvalue weighted by Crippen LogP contribution is 2.42. The number of anilines is 1. The highest BCUT2D eigenvalue weighted by molar-refractivity contribution is 8.05. The minimum Gasteiger partial charge on any atom is -0.360 e.